The van der Waals surface area contributed by atoms with Crippen molar-refractivity contribution < 1.29 is 0 Å². The van der Waals surface area contributed by atoms with Crippen LogP contribution in [0, 0.1) is 6.92 Å². The lowest BCUT2D eigenvalue weighted by atomic mass is 9.33. The van der Waals surface area contributed by atoms with Crippen molar-refractivity contribution in [2.45, 2.75) is 6.92 Å². The minimum Gasteiger partial charge on any atom is -0.311 e. The summed E-state index contributed by atoms with van der Waals surface area (Å²) in [5.74, 6) is 0. The van der Waals surface area contributed by atoms with Crippen LogP contribution in [0.4, 0.5) is 51.2 Å². The van der Waals surface area contributed by atoms with Gasteiger partial charge in [0.1, 0.15) is 0 Å². The number of benzene rings is 9. The van der Waals surface area contributed by atoms with Crippen LogP contribution in [0.15, 0.2) is 224 Å². The van der Waals surface area contributed by atoms with E-state index in [4.69, 9.17) is 0 Å². The molecule has 9 aromatic rings. The molecule has 60 heavy (non-hydrogen) atoms. The maximum atomic E-state index is 2.54. The predicted octanol–water partition coefficient (Wildman–Crippen LogP) is 9.24. The maximum Gasteiger partial charge on any atom is 0.252 e. The Morgan fingerprint density at radius 2 is 0.817 bits per heavy atom. The predicted molar refractivity (Wildman–Crippen MR) is 257 cm³/mol. The maximum absolute atomic E-state index is 2.77. The summed E-state index contributed by atoms with van der Waals surface area (Å²) in [6, 6.07) is 83.8. The molecular formula is C55H40BN3Si. The van der Waals surface area contributed by atoms with Gasteiger partial charge in [-0.1, -0.05) is 163 Å². The lowest BCUT2D eigenvalue weighted by Crippen LogP contribution is -2.77. The second-order valence-electron chi connectivity index (χ2n) is 16.1. The van der Waals surface area contributed by atoms with Gasteiger partial charge >= 0.3 is 0 Å². The van der Waals surface area contributed by atoms with Gasteiger partial charge in [-0.05, 0) is 111 Å². The summed E-state index contributed by atoms with van der Waals surface area (Å²) in [4.78, 5) is 7.50. The van der Waals surface area contributed by atoms with Gasteiger partial charge in [-0.2, -0.15) is 0 Å². The van der Waals surface area contributed by atoms with Crippen LogP contribution in [0.2, 0.25) is 0 Å². The third kappa shape index (κ3) is 4.96. The third-order valence-electron chi connectivity index (χ3n) is 12.9. The highest BCUT2D eigenvalue weighted by Crippen LogP contribution is 2.46. The first kappa shape index (κ1) is 34.7. The van der Waals surface area contributed by atoms with Crippen LogP contribution in [0.25, 0.3) is 0 Å². The van der Waals surface area contributed by atoms with Gasteiger partial charge in [0.2, 0.25) is 0 Å². The Morgan fingerprint density at radius 1 is 0.333 bits per heavy atom. The molecule has 0 unspecified atom stereocenters. The summed E-state index contributed by atoms with van der Waals surface area (Å²) >= 11 is 0. The number of hydrogen-bond acceptors (Lipinski definition) is 3. The number of rotatable bonds is 5. The van der Waals surface area contributed by atoms with Crippen LogP contribution < -0.4 is 51.8 Å². The second kappa shape index (κ2) is 13.6. The number of nitrogens with zero attached hydrogens (tertiary/aromatic N) is 3. The van der Waals surface area contributed by atoms with Crippen LogP contribution in [-0.2, 0) is 0 Å². The van der Waals surface area contributed by atoms with Crippen LogP contribution in [-0.4, -0.2) is 14.8 Å². The number of fused-ring (bicyclic) bond motifs is 6. The Morgan fingerprint density at radius 3 is 1.47 bits per heavy atom. The molecular weight excluding hydrogens is 742 g/mol. The summed E-state index contributed by atoms with van der Waals surface area (Å²) in [5.41, 5.74) is 16.0. The van der Waals surface area contributed by atoms with E-state index in [1.165, 1.54) is 76.8 Å². The number of aryl methyl sites for hydroxylation is 1. The molecule has 3 heterocycles. The van der Waals surface area contributed by atoms with Crippen molar-refractivity contribution in [3.05, 3.63) is 230 Å². The van der Waals surface area contributed by atoms with Crippen molar-refractivity contribution in [2.24, 2.45) is 0 Å². The molecule has 9 aromatic carbocycles. The zero-order chi connectivity index (χ0) is 39.8. The van der Waals surface area contributed by atoms with Crippen LogP contribution in [0.5, 0.6) is 0 Å². The Labute approximate surface area is 353 Å². The highest BCUT2D eigenvalue weighted by atomic mass is 28.3. The van der Waals surface area contributed by atoms with Crippen molar-refractivity contribution in [2.75, 3.05) is 14.7 Å². The third-order valence-corrected chi connectivity index (χ3v) is 17.8. The van der Waals surface area contributed by atoms with E-state index >= 15 is 0 Å². The molecule has 0 N–H and O–H groups in total. The minimum atomic E-state index is -2.77. The van der Waals surface area contributed by atoms with Gasteiger partial charge in [-0.25, -0.2) is 0 Å². The zero-order valence-corrected chi connectivity index (χ0v) is 34.3. The molecule has 0 spiro atoms. The largest absolute Gasteiger partial charge is 0.311 e. The number of hydrogen-bond donors (Lipinski definition) is 0. The van der Waals surface area contributed by atoms with Gasteiger partial charge in [0.15, 0.2) is 8.07 Å². The van der Waals surface area contributed by atoms with Crippen molar-refractivity contribution in [3.8, 4) is 0 Å². The highest BCUT2D eigenvalue weighted by molar-refractivity contribution is 7.21. The Kier molecular flexibility index (Phi) is 7.87. The molecule has 282 valence electrons. The summed E-state index contributed by atoms with van der Waals surface area (Å²) in [6.45, 7) is 2.29. The summed E-state index contributed by atoms with van der Waals surface area (Å²) in [7, 11) is -2.77. The Hall–Kier alpha value is -7.34. The number of para-hydroxylation sites is 4. The SMILES string of the molecule is Cc1ccc2c(c1)[Si](c1ccccc1)(c1ccccc1)c1ccccc1N2c1ccc2c(c1)N(c1ccccc1)c1cccc3c1B2c1ccccc1N3c1ccccc1. The van der Waals surface area contributed by atoms with Gasteiger partial charge in [0, 0.05) is 51.2 Å². The second-order valence-corrected chi connectivity index (χ2v) is 19.9. The quantitative estimate of drug-likeness (QED) is 0.161. The molecule has 3 aliphatic rings. The average molecular weight is 782 g/mol. The topological polar surface area (TPSA) is 9.72 Å². The summed E-state index contributed by atoms with van der Waals surface area (Å²) < 4.78 is 0. The Bertz CT molecular complexity index is 3040. The van der Waals surface area contributed by atoms with Gasteiger partial charge in [-0.3, -0.25) is 0 Å². The van der Waals surface area contributed by atoms with E-state index in [0.717, 1.165) is 17.1 Å². The van der Waals surface area contributed by atoms with E-state index in [9.17, 15) is 0 Å². The van der Waals surface area contributed by atoms with Crippen molar-refractivity contribution in [1.29, 1.82) is 0 Å². The molecule has 0 radical (unpaired) electrons. The Balaban J connectivity index is 1.12. The molecule has 0 aliphatic carbocycles. The average Bonchev–Trinajstić information content (AvgIpc) is 3.31. The van der Waals surface area contributed by atoms with Gasteiger partial charge < -0.3 is 14.7 Å². The van der Waals surface area contributed by atoms with Gasteiger partial charge in [-0.15, -0.1) is 0 Å². The monoisotopic (exact) mass is 781 g/mol. The number of anilines is 9. The highest BCUT2D eigenvalue weighted by Gasteiger charge is 2.49. The van der Waals surface area contributed by atoms with Crippen LogP contribution in [0.3, 0.4) is 0 Å². The lowest BCUT2D eigenvalue weighted by molar-refractivity contribution is 1.24. The fraction of sp³-hybridized carbons (Fsp3) is 0.0182. The molecule has 0 saturated carbocycles. The van der Waals surface area contributed by atoms with Crippen molar-refractivity contribution in [1.82, 2.24) is 0 Å². The zero-order valence-electron chi connectivity index (χ0n) is 33.3. The summed E-state index contributed by atoms with van der Waals surface area (Å²) in [6.07, 6.45) is 0. The molecule has 0 saturated heterocycles. The summed E-state index contributed by atoms with van der Waals surface area (Å²) in [5, 5.41) is 5.59. The molecule has 0 amide bonds. The van der Waals surface area contributed by atoms with E-state index in [-0.39, 0.29) is 6.71 Å². The molecule has 0 fully saturated rings. The molecule has 12 rings (SSSR count). The van der Waals surface area contributed by atoms with E-state index in [0.29, 0.717) is 0 Å². The standard InChI is InChI=1S/C55H40BN3Si/c1-39-33-36-49-54(37-39)60(43-23-10-4-11-24-43,44-25-12-5-13-26-44)53-32-17-16-29-48(53)59(49)42-34-35-46-52(38-42)58(41-21-8-3-9-22-41)51-31-18-30-50-55(51)56(46)45-27-14-15-28-47(45)57(50)40-19-6-2-7-20-40/h2-38H,1H3. The fourth-order valence-electron chi connectivity index (χ4n) is 10.6. The molecule has 0 bridgehead atoms. The van der Waals surface area contributed by atoms with E-state index in [1.54, 1.807) is 0 Å². The molecule has 3 aliphatic heterocycles. The van der Waals surface area contributed by atoms with Crippen LogP contribution >= 0.6 is 0 Å². The van der Waals surface area contributed by atoms with E-state index < -0.39 is 8.07 Å². The first-order valence-corrected chi connectivity index (χ1v) is 22.9. The van der Waals surface area contributed by atoms with Crippen molar-refractivity contribution >= 4 is 103 Å². The molecule has 0 aromatic heterocycles. The van der Waals surface area contributed by atoms with Gasteiger partial charge in [0.25, 0.3) is 6.71 Å². The van der Waals surface area contributed by atoms with Gasteiger partial charge in [0.05, 0.1) is 0 Å². The molecule has 0 atom stereocenters. The first-order chi connectivity index (χ1) is 29.7. The van der Waals surface area contributed by atoms with E-state index in [1.807, 2.05) is 0 Å². The fourth-order valence-corrected chi connectivity index (χ4v) is 15.8. The first-order valence-electron chi connectivity index (χ1n) is 20.9. The molecule has 3 nitrogen and oxygen atoms in total. The molecule has 5 heteroatoms. The lowest BCUT2D eigenvalue weighted by Gasteiger charge is -2.46. The normalized spacial score (nSPS) is 14.1. The smallest absolute Gasteiger partial charge is 0.252 e. The van der Waals surface area contributed by atoms with Crippen molar-refractivity contribution in [3.63, 3.8) is 0 Å². The minimum absolute atomic E-state index is 0.0520. The van der Waals surface area contributed by atoms with Crippen LogP contribution in [0.1, 0.15) is 5.56 Å². The van der Waals surface area contributed by atoms with E-state index in [2.05, 4.69) is 246 Å².